The summed E-state index contributed by atoms with van der Waals surface area (Å²) in [5, 5.41) is 0. The van der Waals surface area contributed by atoms with Crippen molar-refractivity contribution >= 4 is 23.8 Å². The van der Waals surface area contributed by atoms with Crippen molar-refractivity contribution < 1.29 is 0 Å². The summed E-state index contributed by atoms with van der Waals surface area (Å²) in [6, 6.07) is 16.1. The molecule has 2 rings (SSSR count). The monoisotopic (exact) mass is 288 g/mol. The van der Waals surface area contributed by atoms with E-state index in [0.29, 0.717) is 0 Å². The lowest BCUT2D eigenvalue weighted by Gasteiger charge is -2.02. The summed E-state index contributed by atoms with van der Waals surface area (Å²) in [6.07, 6.45) is 8.85. The summed E-state index contributed by atoms with van der Waals surface area (Å²) in [5.74, 6) is 0. The second kappa shape index (κ2) is 8.53. The number of hydrogen-bond acceptors (Lipinski definition) is 2. The predicted octanol–water partition coefficient (Wildman–Crippen LogP) is 5.25. The van der Waals surface area contributed by atoms with Crippen LogP contribution >= 0.6 is 0 Å². The van der Waals surface area contributed by atoms with Gasteiger partial charge >= 0.3 is 0 Å². The Balaban J connectivity index is 2.12. The first-order valence-electron chi connectivity index (χ1n) is 7.29. The molecule has 0 bridgehead atoms. The third kappa shape index (κ3) is 4.38. The second-order valence-electron chi connectivity index (χ2n) is 4.80. The van der Waals surface area contributed by atoms with Crippen LogP contribution in [-0.4, -0.2) is 12.4 Å². The molecule has 0 spiro atoms. The van der Waals surface area contributed by atoms with Gasteiger partial charge in [-0.1, -0.05) is 48.6 Å². The zero-order valence-electron chi connectivity index (χ0n) is 12.7. The van der Waals surface area contributed by atoms with Crippen molar-refractivity contribution in [2.45, 2.75) is 12.8 Å². The van der Waals surface area contributed by atoms with Crippen LogP contribution in [0.2, 0.25) is 0 Å². The third-order valence-electron chi connectivity index (χ3n) is 3.21. The summed E-state index contributed by atoms with van der Waals surface area (Å²) in [6.45, 7) is 7.55. The molecular weight excluding hydrogens is 268 g/mol. The number of aliphatic imine (C=N–C) groups is 2. The highest BCUT2D eigenvalue weighted by Crippen LogP contribution is 2.20. The molecule has 0 aliphatic carbocycles. The van der Waals surface area contributed by atoms with E-state index >= 15 is 0 Å². The molecule has 0 N–H and O–H groups in total. The van der Waals surface area contributed by atoms with E-state index in [0.717, 1.165) is 35.3 Å². The number of benzene rings is 2. The Labute approximate surface area is 132 Å². The number of para-hydroxylation sites is 2. The Bertz CT molecular complexity index is 635. The molecule has 0 unspecified atom stereocenters. The summed E-state index contributed by atoms with van der Waals surface area (Å²) < 4.78 is 0. The van der Waals surface area contributed by atoms with Crippen LogP contribution < -0.4 is 0 Å². The Morgan fingerprint density at radius 3 is 1.50 bits per heavy atom. The topological polar surface area (TPSA) is 24.7 Å². The standard InChI is InChI=1S/C20H20N2/c1-3-9-17-11-5-7-13-19(17)21-15-16-22-20-14-8-6-12-18(20)10-4-2/h3-8,11-16H,1-2,9-10H2. The lowest BCUT2D eigenvalue weighted by Crippen LogP contribution is -1.84. The number of nitrogens with zero attached hydrogens (tertiary/aromatic N) is 2. The van der Waals surface area contributed by atoms with E-state index in [4.69, 9.17) is 0 Å². The van der Waals surface area contributed by atoms with E-state index in [-0.39, 0.29) is 0 Å². The first-order chi connectivity index (χ1) is 10.8. The molecule has 0 saturated carbocycles. The average Bonchev–Trinajstić information content (AvgIpc) is 2.55. The van der Waals surface area contributed by atoms with Gasteiger partial charge in [0.05, 0.1) is 11.4 Å². The van der Waals surface area contributed by atoms with Gasteiger partial charge in [-0.05, 0) is 36.1 Å². The second-order valence-corrected chi connectivity index (χ2v) is 4.80. The Morgan fingerprint density at radius 1 is 0.682 bits per heavy atom. The van der Waals surface area contributed by atoms with Crippen LogP contribution in [0.25, 0.3) is 0 Å². The first-order valence-corrected chi connectivity index (χ1v) is 7.29. The van der Waals surface area contributed by atoms with Crippen LogP contribution in [0.5, 0.6) is 0 Å². The number of rotatable bonds is 7. The molecule has 0 aromatic heterocycles. The fourth-order valence-electron chi connectivity index (χ4n) is 2.16. The van der Waals surface area contributed by atoms with Crippen molar-refractivity contribution in [3.05, 3.63) is 85.0 Å². The fourth-order valence-corrected chi connectivity index (χ4v) is 2.16. The molecule has 0 aliphatic rings. The van der Waals surface area contributed by atoms with E-state index in [1.165, 1.54) is 0 Å². The number of hydrogen-bond donors (Lipinski definition) is 0. The van der Waals surface area contributed by atoms with Gasteiger partial charge in [-0.3, -0.25) is 9.98 Å². The van der Waals surface area contributed by atoms with Gasteiger partial charge in [0, 0.05) is 12.4 Å². The van der Waals surface area contributed by atoms with Gasteiger partial charge in [0.1, 0.15) is 0 Å². The lowest BCUT2D eigenvalue weighted by molar-refractivity contribution is 1.26. The fraction of sp³-hybridized carbons (Fsp3) is 0.100. The summed E-state index contributed by atoms with van der Waals surface area (Å²) >= 11 is 0. The maximum Gasteiger partial charge on any atom is 0.0665 e. The van der Waals surface area contributed by atoms with Crippen molar-refractivity contribution in [1.82, 2.24) is 0 Å². The highest BCUT2D eigenvalue weighted by Gasteiger charge is 1.97. The van der Waals surface area contributed by atoms with Gasteiger partial charge in [-0.25, -0.2) is 0 Å². The SMILES string of the molecule is C=CCc1ccccc1N=CC=Nc1ccccc1CC=C. The molecule has 2 aromatic rings. The minimum Gasteiger partial charge on any atom is -0.255 e. The van der Waals surface area contributed by atoms with E-state index in [9.17, 15) is 0 Å². The Kier molecular flexibility index (Phi) is 6.06. The third-order valence-corrected chi connectivity index (χ3v) is 3.21. The lowest BCUT2D eigenvalue weighted by atomic mass is 10.1. The average molecular weight is 288 g/mol. The molecule has 0 aliphatic heterocycles. The highest BCUT2D eigenvalue weighted by atomic mass is 14.8. The Hall–Kier alpha value is -2.74. The van der Waals surface area contributed by atoms with Gasteiger partial charge in [-0.2, -0.15) is 0 Å². The predicted molar refractivity (Wildman–Crippen MR) is 97.0 cm³/mol. The van der Waals surface area contributed by atoms with E-state index in [1.807, 2.05) is 48.6 Å². The number of allylic oxidation sites excluding steroid dienone is 2. The van der Waals surface area contributed by atoms with Gasteiger partial charge < -0.3 is 0 Å². The van der Waals surface area contributed by atoms with Crippen molar-refractivity contribution in [2.24, 2.45) is 9.98 Å². The molecule has 0 fully saturated rings. The quantitative estimate of drug-likeness (QED) is 0.491. The van der Waals surface area contributed by atoms with Crippen LogP contribution in [0.4, 0.5) is 11.4 Å². The summed E-state index contributed by atoms with van der Waals surface area (Å²) in [4.78, 5) is 8.95. The molecular formula is C20H20N2. The molecule has 0 heterocycles. The van der Waals surface area contributed by atoms with Gasteiger partial charge in [-0.15, -0.1) is 13.2 Å². The molecule has 22 heavy (non-hydrogen) atoms. The van der Waals surface area contributed by atoms with Crippen LogP contribution in [-0.2, 0) is 12.8 Å². The van der Waals surface area contributed by atoms with Crippen LogP contribution in [0.1, 0.15) is 11.1 Å². The van der Waals surface area contributed by atoms with Crippen molar-refractivity contribution in [2.75, 3.05) is 0 Å². The van der Waals surface area contributed by atoms with E-state index in [1.54, 1.807) is 12.4 Å². The van der Waals surface area contributed by atoms with Crippen LogP contribution in [0.3, 0.4) is 0 Å². The minimum absolute atomic E-state index is 0.812. The zero-order valence-corrected chi connectivity index (χ0v) is 12.7. The van der Waals surface area contributed by atoms with Gasteiger partial charge in [0.15, 0.2) is 0 Å². The molecule has 0 amide bonds. The molecule has 0 saturated heterocycles. The summed E-state index contributed by atoms with van der Waals surface area (Å²) in [7, 11) is 0. The molecule has 110 valence electrons. The van der Waals surface area contributed by atoms with Crippen molar-refractivity contribution in [3.8, 4) is 0 Å². The molecule has 0 atom stereocenters. The zero-order chi connectivity index (χ0) is 15.6. The van der Waals surface area contributed by atoms with E-state index in [2.05, 4.69) is 35.3 Å². The molecule has 0 radical (unpaired) electrons. The van der Waals surface area contributed by atoms with Gasteiger partial charge in [0.2, 0.25) is 0 Å². The molecule has 2 nitrogen and oxygen atoms in total. The summed E-state index contributed by atoms with van der Waals surface area (Å²) in [5.41, 5.74) is 4.23. The largest absolute Gasteiger partial charge is 0.255 e. The molecule has 2 aromatic carbocycles. The van der Waals surface area contributed by atoms with Crippen LogP contribution in [0.15, 0.2) is 83.8 Å². The first kappa shape index (κ1) is 15.6. The van der Waals surface area contributed by atoms with E-state index < -0.39 is 0 Å². The highest BCUT2D eigenvalue weighted by molar-refractivity contribution is 6.17. The normalized spacial score (nSPS) is 11.1. The van der Waals surface area contributed by atoms with Crippen LogP contribution in [0, 0.1) is 0 Å². The molecule has 2 heteroatoms. The van der Waals surface area contributed by atoms with Crippen molar-refractivity contribution in [1.29, 1.82) is 0 Å². The maximum atomic E-state index is 4.47. The Morgan fingerprint density at radius 2 is 1.09 bits per heavy atom. The minimum atomic E-state index is 0.812. The van der Waals surface area contributed by atoms with Crippen molar-refractivity contribution in [3.63, 3.8) is 0 Å². The maximum absolute atomic E-state index is 4.47. The smallest absolute Gasteiger partial charge is 0.0665 e. The van der Waals surface area contributed by atoms with Gasteiger partial charge in [0.25, 0.3) is 0 Å².